The molecule has 178 valence electrons. The Labute approximate surface area is 210 Å². The minimum atomic E-state index is -0.380. The number of benzene rings is 1. The number of fused-ring (bicyclic) bond motifs is 2. The van der Waals surface area contributed by atoms with E-state index < -0.39 is 0 Å². The van der Waals surface area contributed by atoms with Crippen LogP contribution in [0.2, 0.25) is 0 Å². The lowest BCUT2D eigenvalue weighted by atomic mass is 9.87. The molecule has 7 nitrogen and oxygen atoms in total. The number of aryl methyl sites for hydroxylation is 2. The number of ether oxygens (including phenoxy) is 1. The van der Waals surface area contributed by atoms with Crippen LogP contribution < -0.4 is 5.32 Å². The average Bonchev–Trinajstić information content (AvgIpc) is 3.38. The summed E-state index contributed by atoms with van der Waals surface area (Å²) in [5, 5.41) is 3.97. The normalized spacial score (nSPS) is 15.7. The first-order valence-corrected chi connectivity index (χ1v) is 12.9. The maximum absolute atomic E-state index is 13.6. The van der Waals surface area contributed by atoms with Gasteiger partial charge in [-0.15, -0.1) is 0 Å². The van der Waals surface area contributed by atoms with Crippen LogP contribution >= 0.6 is 27.7 Å². The molecule has 0 saturated carbocycles. The minimum Gasteiger partial charge on any atom is -0.469 e. The van der Waals surface area contributed by atoms with Gasteiger partial charge in [0.1, 0.15) is 5.82 Å². The number of H-pyrrole nitrogens is 1. The molecule has 0 fully saturated rings. The van der Waals surface area contributed by atoms with Gasteiger partial charge in [0.05, 0.1) is 24.7 Å². The standard InChI is InChI=1S/C25H26BrN3O4S/c1-14(30)34-13-21(18-5-3-15-11-16(26)4-6-17(15)18)25(32)29-24-20(7-8-23(31)33-2)19-9-10-27-12-22(19)28-24/h4,6,9-12,18,21,28H,3,5,7-8,13H2,1-2H3,(H,29,32). The van der Waals surface area contributed by atoms with Gasteiger partial charge in [0.2, 0.25) is 5.91 Å². The van der Waals surface area contributed by atoms with Crippen molar-refractivity contribution in [1.82, 2.24) is 9.97 Å². The molecule has 1 aromatic carbocycles. The van der Waals surface area contributed by atoms with Crippen LogP contribution in [0.3, 0.4) is 0 Å². The summed E-state index contributed by atoms with van der Waals surface area (Å²) in [5.41, 5.74) is 4.02. The summed E-state index contributed by atoms with van der Waals surface area (Å²) in [4.78, 5) is 44.6. The Bertz CT molecular complexity index is 1240. The SMILES string of the molecule is COC(=O)CCc1c(NC(=O)C(CSC(C)=O)C2CCc3cc(Br)ccc32)[nH]c2cnccc12. The number of nitrogens with zero attached hydrogens (tertiary/aromatic N) is 1. The van der Waals surface area contributed by atoms with Crippen LogP contribution in [0.25, 0.3) is 10.9 Å². The van der Waals surface area contributed by atoms with Crippen molar-refractivity contribution in [2.45, 2.75) is 38.5 Å². The molecule has 2 aromatic heterocycles. The van der Waals surface area contributed by atoms with Gasteiger partial charge in [-0.1, -0.05) is 33.8 Å². The highest BCUT2D eigenvalue weighted by atomic mass is 79.9. The van der Waals surface area contributed by atoms with E-state index in [1.165, 1.54) is 36.9 Å². The number of thioether (sulfide) groups is 1. The van der Waals surface area contributed by atoms with Crippen LogP contribution in [0, 0.1) is 5.92 Å². The number of aromatic amines is 1. The number of hydrogen-bond acceptors (Lipinski definition) is 6. The van der Waals surface area contributed by atoms with Crippen molar-refractivity contribution >= 4 is 61.4 Å². The predicted molar refractivity (Wildman–Crippen MR) is 137 cm³/mol. The lowest BCUT2D eigenvalue weighted by Crippen LogP contribution is -2.30. The average molecular weight is 544 g/mol. The number of halogens is 1. The van der Waals surface area contributed by atoms with Crippen molar-refractivity contribution in [1.29, 1.82) is 0 Å². The summed E-state index contributed by atoms with van der Waals surface area (Å²) in [7, 11) is 1.36. The molecule has 2 heterocycles. The topological polar surface area (TPSA) is 101 Å². The number of carbonyl (C=O) groups is 3. The molecule has 1 aliphatic rings. The summed E-state index contributed by atoms with van der Waals surface area (Å²) < 4.78 is 5.82. The Morgan fingerprint density at radius 1 is 1.32 bits per heavy atom. The van der Waals surface area contributed by atoms with E-state index in [1.54, 1.807) is 12.4 Å². The van der Waals surface area contributed by atoms with E-state index in [2.05, 4.69) is 43.3 Å². The smallest absolute Gasteiger partial charge is 0.305 e. The van der Waals surface area contributed by atoms with Gasteiger partial charge in [0.15, 0.2) is 5.12 Å². The molecule has 9 heteroatoms. The fourth-order valence-corrected chi connectivity index (χ4v) is 5.84. The molecular weight excluding hydrogens is 518 g/mol. The highest BCUT2D eigenvalue weighted by molar-refractivity contribution is 9.10. The fraction of sp³-hybridized carbons (Fsp3) is 0.360. The third kappa shape index (κ3) is 5.36. The van der Waals surface area contributed by atoms with Crippen LogP contribution in [-0.4, -0.2) is 39.8 Å². The Morgan fingerprint density at radius 2 is 2.15 bits per heavy atom. The van der Waals surface area contributed by atoms with Crippen LogP contribution in [0.1, 0.15) is 42.4 Å². The van der Waals surface area contributed by atoms with Crippen LogP contribution in [0.4, 0.5) is 5.82 Å². The number of aromatic nitrogens is 2. The summed E-state index contributed by atoms with van der Waals surface area (Å²) in [6.45, 7) is 1.52. The summed E-state index contributed by atoms with van der Waals surface area (Å²) >= 11 is 4.71. The second kappa shape index (κ2) is 10.7. The summed E-state index contributed by atoms with van der Waals surface area (Å²) in [6.07, 6.45) is 5.75. The molecule has 2 N–H and O–H groups in total. The quantitative estimate of drug-likeness (QED) is 0.388. The molecular formula is C25H26BrN3O4S. The van der Waals surface area contributed by atoms with Gasteiger partial charge in [-0.2, -0.15) is 0 Å². The second-order valence-electron chi connectivity index (χ2n) is 8.36. The first-order chi connectivity index (χ1) is 16.4. The van der Waals surface area contributed by atoms with Gasteiger partial charge in [0, 0.05) is 40.7 Å². The number of carbonyl (C=O) groups excluding carboxylic acids is 3. The van der Waals surface area contributed by atoms with E-state index in [4.69, 9.17) is 4.74 Å². The highest BCUT2D eigenvalue weighted by Gasteiger charge is 2.35. The van der Waals surface area contributed by atoms with Crippen molar-refractivity contribution in [2.24, 2.45) is 5.92 Å². The maximum atomic E-state index is 13.6. The molecule has 0 saturated heterocycles. The number of esters is 1. The van der Waals surface area contributed by atoms with Crippen molar-refractivity contribution in [3.63, 3.8) is 0 Å². The first kappa shape index (κ1) is 24.5. The van der Waals surface area contributed by atoms with Gasteiger partial charge >= 0.3 is 5.97 Å². The van der Waals surface area contributed by atoms with Gasteiger partial charge < -0.3 is 15.0 Å². The number of nitrogens with one attached hydrogen (secondary N) is 2. The van der Waals surface area contributed by atoms with E-state index in [0.717, 1.165) is 33.8 Å². The Balaban J connectivity index is 1.63. The van der Waals surface area contributed by atoms with Gasteiger partial charge in [-0.3, -0.25) is 19.4 Å². The predicted octanol–water partition coefficient (Wildman–Crippen LogP) is 5.00. The van der Waals surface area contributed by atoms with E-state index in [0.29, 0.717) is 18.0 Å². The van der Waals surface area contributed by atoms with Crippen molar-refractivity contribution in [3.05, 3.63) is 57.8 Å². The zero-order valence-corrected chi connectivity index (χ0v) is 21.4. The lowest BCUT2D eigenvalue weighted by molar-refractivity contribution is -0.140. The minimum absolute atomic E-state index is 0.0118. The van der Waals surface area contributed by atoms with Crippen molar-refractivity contribution in [3.8, 4) is 0 Å². The highest BCUT2D eigenvalue weighted by Crippen LogP contribution is 2.41. The monoisotopic (exact) mass is 543 g/mol. The van der Waals surface area contributed by atoms with E-state index >= 15 is 0 Å². The summed E-state index contributed by atoms with van der Waals surface area (Å²) in [5.74, 6) is 0.150. The molecule has 2 atom stereocenters. The molecule has 0 aliphatic heterocycles. The molecule has 3 aromatic rings. The van der Waals surface area contributed by atoms with Crippen LogP contribution in [-0.2, 0) is 32.0 Å². The second-order valence-corrected chi connectivity index (χ2v) is 10.5. The number of methoxy groups -OCH3 is 1. The molecule has 4 rings (SSSR count). The Kier molecular flexibility index (Phi) is 7.73. The molecule has 2 unspecified atom stereocenters. The third-order valence-corrected chi connectivity index (χ3v) is 7.71. The number of amides is 1. The van der Waals surface area contributed by atoms with Gasteiger partial charge in [0.25, 0.3) is 0 Å². The van der Waals surface area contributed by atoms with Crippen LogP contribution in [0.15, 0.2) is 41.1 Å². The fourth-order valence-electron chi connectivity index (χ4n) is 4.63. The maximum Gasteiger partial charge on any atom is 0.305 e. The Morgan fingerprint density at radius 3 is 2.91 bits per heavy atom. The van der Waals surface area contributed by atoms with E-state index in [-0.39, 0.29) is 35.2 Å². The van der Waals surface area contributed by atoms with Gasteiger partial charge in [-0.05, 0) is 54.5 Å². The zero-order valence-electron chi connectivity index (χ0n) is 19.0. The number of pyridine rings is 1. The number of hydrogen-bond donors (Lipinski definition) is 2. The molecule has 34 heavy (non-hydrogen) atoms. The summed E-state index contributed by atoms with van der Waals surface area (Å²) in [6, 6.07) is 8.05. The number of rotatable bonds is 8. The largest absolute Gasteiger partial charge is 0.469 e. The molecule has 0 spiro atoms. The lowest BCUT2D eigenvalue weighted by Gasteiger charge is -2.23. The third-order valence-electron chi connectivity index (χ3n) is 6.28. The molecule has 0 bridgehead atoms. The number of anilines is 1. The van der Waals surface area contributed by atoms with Crippen molar-refractivity contribution < 1.29 is 19.1 Å². The zero-order chi connectivity index (χ0) is 24.2. The van der Waals surface area contributed by atoms with Crippen molar-refractivity contribution in [2.75, 3.05) is 18.2 Å². The van der Waals surface area contributed by atoms with Crippen LogP contribution in [0.5, 0.6) is 0 Å². The molecule has 1 aliphatic carbocycles. The molecule has 1 amide bonds. The van der Waals surface area contributed by atoms with E-state index in [1.807, 2.05) is 12.1 Å². The molecule has 0 radical (unpaired) electrons. The van der Waals surface area contributed by atoms with E-state index in [9.17, 15) is 14.4 Å². The Hall–Kier alpha value is -2.65. The van der Waals surface area contributed by atoms with Gasteiger partial charge in [-0.25, -0.2) is 0 Å². The first-order valence-electron chi connectivity index (χ1n) is 11.1.